The van der Waals surface area contributed by atoms with Gasteiger partial charge in [0.15, 0.2) is 0 Å². The third-order valence-electron chi connectivity index (χ3n) is 1.57. The molecule has 0 rings (SSSR count). The second kappa shape index (κ2) is 9.36. The first-order chi connectivity index (χ1) is 7.60. The second-order valence-electron chi connectivity index (χ2n) is 2.92. The number of carbonyl (C=O) groups excluding carboxylic acids is 2. The molecule has 0 radical (unpaired) electrons. The summed E-state index contributed by atoms with van der Waals surface area (Å²) in [6.07, 6.45) is 3.02. The van der Waals surface area contributed by atoms with Crippen molar-refractivity contribution in [1.29, 1.82) is 0 Å². The largest absolute Gasteiger partial charge is 0.378 e. The van der Waals surface area contributed by atoms with E-state index >= 15 is 0 Å². The van der Waals surface area contributed by atoms with Crippen LogP contribution < -0.4 is 14.7 Å². The van der Waals surface area contributed by atoms with Gasteiger partial charge in [0.1, 0.15) is 6.61 Å². The number of nitrogens with two attached hydrogens (primary N) is 1. The smallest absolute Gasteiger partial charge is 0.254 e. The van der Waals surface area contributed by atoms with Crippen LogP contribution in [0, 0.1) is 0 Å². The molecule has 4 N–H and O–H groups in total. The SMILES string of the molecule is CN(/C=C/C(=O)NI)CCNC(=O)CON. The minimum atomic E-state index is -0.273. The van der Waals surface area contributed by atoms with Gasteiger partial charge in [-0.05, 0) is 0 Å². The lowest BCUT2D eigenvalue weighted by Crippen LogP contribution is -2.34. The molecular weight excluding hydrogens is 327 g/mol. The van der Waals surface area contributed by atoms with Crippen molar-refractivity contribution in [3.63, 3.8) is 0 Å². The number of likely N-dealkylation sites (N-methyl/N-ethyl adjacent to an activating group) is 1. The molecule has 0 heterocycles. The topological polar surface area (TPSA) is 96.7 Å². The molecule has 0 aromatic carbocycles. The lowest BCUT2D eigenvalue weighted by Gasteiger charge is -2.13. The molecule has 2 amide bonds. The highest BCUT2D eigenvalue weighted by atomic mass is 127. The molecule has 0 saturated heterocycles. The highest BCUT2D eigenvalue weighted by Gasteiger charge is 1.99. The number of amides is 2. The van der Waals surface area contributed by atoms with Crippen LogP contribution in [0.1, 0.15) is 0 Å². The van der Waals surface area contributed by atoms with Crippen LogP contribution in [-0.2, 0) is 14.4 Å². The third-order valence-corrected chi connectivity index (χ3v) is 2.11. The number of halogens is 1. The maximum atomic E-state index is 10.9. The Morgan fingerprint density at radius 2 is 2.25 bits per heavy atom. The molecule has 0 aliphatic rings. The minimum absolute atomic E-state index is 0.156. The summed E-state index contributed by atoms with van der Waals surface area (Å²) >= 11 is 1.75. The first-order valence-corrected chi connectivity index (χ1v) is 5.55. The van der Waals surface area contributed by atoms with Crippen LogP contribution in [0.25, 0.3) is 0 Å². The molecule has 0 aliphatic heterocycles. The molecule has 92 valence electrons. The van der Waals surface area contributed by atoms with Gasteiger partial charge in [0.2, 0.25) is 5.91 Å². The lowest BCUT2D eigenvalue weighted by molar-refractivity contribution is -0.125. The maximum absolute atomic E-state index is 10.9. The quantitative estimate of drug-likeness (QED) is 0.236. The molecule has 0 aromatic rings. The number of rotatable bonds is 7. The Hall–Kier alpha value is -0.870. The van der Waals surface area contributed by atoms with Gasteiger partial charge in [-0.3, -0.25) is 18.0 Å². The van der Waals surface area contributed by atoms with Crippen molar-refractivity contribution < 1.29 is 14.4 Å². The van der Waals surface area contributed by atoms with Crippen LogP contribution in [0.15, 0.2) is 12.3 Å². The van der Waals surface area contributed by atoms with Gasteiger partial charge in [-0.2, -0.15) is 0 Å². The van der Waals surface area contributed by atoms with E-state index in [0.29, 0.717) is 13.1 Å². The Morgan fingerprint density at radius 3 is 2.81 bits per heavy atom. The third kappa shape index (κ3) is 8.44. The number of hydrogen-bond donors (Lipinski definition) is 3. The summed E-state index contributed by atoms with van der Waals surface area (Å²) in [7, 11) is 1.79. The first-order valence-electron chi connectivity index (χ1n) is 4.47. The number of hydrogen-bond acceptors (Lipinski definition) is 5. The van der Waals surface area contributed by atoms with Gasteiger partial charge in [-0.15, -0.1) is 0 Å². The fourth-order valence-corrected chi connectivity index (χ4v) is 0.979. The van der Waals surface area contributed by atoms with E-state index in [1.165, 1.54) is 6.08 Å². The molecule has 0 spiro atoms. The normalized spacial score (nSPS) is 10.2. The minimum Gasteiger partial charge on any atom is -0.378 e. The van der Waals surface area contributed by atoms with E-state index in [9.17, 15) is 9.59 Å². The van der Waals surface area contributed by atoms with E-state index in [1.54, 1.807) is 41.0 Å². The zero-order chi connectivity index (χ0) is 12.4. The Labute approximate surface area is 108 Å². The molecule has 0 unspecified atom stereocenters. The highest BCUT2D eigenvalue weighted by Crippen LogP contribution is 1.84. The molecule has 0 bridgehead atoms. The van der Waals surface area contributed by atoms with Crippen LogP contribution in [0.5, 0.6) is 0 Å². The van der Waals surface area contributed by atoms with E-state index in [-0.39, 0.29) is 18.4 Å². The molecule has 8 heteroatoms. The number of nitrogens with zero attached hydrogens (tertiary/aromatic N) is 1. The number of carbonyl (C=O) groups is 2. The standard InChI is InChI=1S/C8H15IN4O3/c1-13(4-2-7(14)12-9)5-3-11-8(15)6-16-10/h2,4H,3,5-6,10H2,1H3,(H,11,15)(H,12,14)/b4-2+. The van der Waals surface area contributed by atoms with Crippen molar-refractivity contribution in [1.82, 2.24) is 13.7 Å². The maximum Gasteiger partial charge on any atom is 0.254 e. The van der Waals surface area contributed by atoms with E-state index in [0.717, 1.165) is 0 Å². The van der Waals surface area contributed by atoms with Crippen molar-refractivity contribution in [2.45, 2.75) is 0 Å². The molecular formula is C8H15IN4O3. The Balaban J connectivity index is 3.65. The van der Waals surface area contributed by atoms with Gasteiger partial charge in [-0.1, -0.05) is 0 Å². The molecule has 0 fully saturated rings. The Bertz CT molecular complexity index is 260. The zero-order valence-electron chi connectivity index (χ0n) is 8.90. The Morgan fingerprint density at radius 1 is 1.56 bits per heavy atom. The van der Waals surface area contributed by atoms with Crippen molar-refractivity contribution in [2.24, 2.45) is 5.90 Å². The summed E-state index contributed by atoms with van der Waals surface area (Å²) in [5, 5.41) is 2.59. The van der Waals surface area contributed by atoms with Crippen molar-refractivity contribution in [2.75, 3.05) is 26.7 Å². The average molecular weight is 342 g/mol. The van der Waals surface area contributed by atoms with Gasteiger partial charge in [0.05, 0.1) is 22.9 Å². The molecule has 0 aromatic heterocycles. The summed E-state index contributed by atoms with van der Waals surface area (Å²) in [6.45, 7) is 0.882. The molecule has 7 nitrogen and oxygen atoms in total. The molecule has 0 saturated carbocycles. The van der Waals surface area contributed by atoms with E-state index in [1.807, 2.05) is 0 Å². The van der Waals surface area contributed by atoms with Gasteiger partial charge < -0.3 is 10.2 Å². The summed E-state index contributed by atoms with van der Waals surface area (Å²) < 4.78 is 2.43. The zero-order valence-corrected chi connectivity index (χ0v) is 11.1. The van der Waals surface area contributed by atoms with Crippen molar-refractivity contribution in [3.05, 3.63) is 12.3 Å². The van der Waals surface area contributed by atoms with Crippen LogP contribution in [0.3, 0.4) is 0 Å². The van der Waals surface area contributed by atoms with Crippen LogP contribution >= 0.6 is 22.9 Å². The van der Waals surface area contributed by atoms with Crippen molar-refractivity contribution in [3.8, 4) is 0 Å². The summed E-state index contributed by atoms with van der Waals surface area (Å²) in [5.74, 6) is 4.27. The van der Waals surface area contributed by atoms with E-state index in [2.05, 4.69) is 13.7 Å². The number of nitrogens with one attached hydrogen (secondary N) is 2. The summed E-state index contributed by atoms with van der Waals surface area (Å²) in [5.41, 5.74) is 0. The molecule has 0 atom stereocenters. The highest BCUT2D eigenvalue weighted by molar-refractivity contribution is 14.1. The van der Waals surface area contributed by atoms with Crippen molar-refractivity contribution >= 4 is 34.7 Å². The fraction of sp³-hybridized carbons (Fsp3) is 0.500. The molecule has 0 aliphatic carbocycles. The van der Waals surface area contributed by atoms with Gasteiger partial charge in [0.25, 0.3) is 5.91 Å². The monoisotopic (exact) mass is 342 g/mol. The first kappa shape index (κ1) is 15.1. The molecule has 16 heavy (non-hydrogen) atoms. The van der Waals surface area contributed by atoms with Crippen LogP contribution in [0.2, 0.25) is 0 Å². The second-order valence-corrected chi connectivity index (χ2v) is 3.46. The average Bonchev–Trinajstić information content (AvgIpc) is 2.26. The van der Waals surface area contributed by atoms with Gasteiger partial charge in [0, 0.05) is 32.4 Å². The van der Waals surface area contributed by atoms with Crippen LogP contribution in [-0.4, -0.2) is 43.5 Å². The Kier molecular flexibility index (Phi) is 8.85. The van der Waals surface area contributed by atoms with Gasteiger partial charge >= 0.3 is 0 Å². The van der Waals surface area contributed by atoms with Crippen LogP contribution in [0.4, 0.5) is 0 Å². The summed E-state index contributed by atoms with van der Waals surface area (Å²) in [4.78, 5) is 27.7. The van der Waals surface area contributed by atoms with Gasteiger partial charge in [-0.25, -0.2) is 5.90 Å². The van der Waals surface area contributed by atoms with E-state index < -0.39 is 0 Å². The lowest BCUT2D eigenvalue weighted by atomic mass is 10.5. The predicted octanol–water partition coefficient (Wildman–Crippen LogP) is -1.10. The predicted molar refractivity (Wildman–Crippen MR) is 67.1 cm³/mol. The summed E-state index contributed by atoms with van der Waals surface area (Å²) in [6, 6.07) is 0. The fourth-order valence-electron chi connectivity index (χ4n) is 0.799. The van der Waals surface area contributed by atoms with E-state index in [4.69, 9.17) is 5.90 Å².